The fourth-order valence-corrected chi connectivity index (χ4v) is 5.76. The molecule has 5 aromatic rings. The van der Waals surface area contributed by atoms with Crippen molar-refractivity contribution in [2.75, 3.05) is 0 Å². The van der Waals surface area contributed by atoms with Gasteiger partial charge in [0.15, 0.2) is 0 Å². The molecule has 2 heterocycles. The van der Waals surface area contributed by atoms with E-state index >= 15 is 0 Å². The molecule has 250 valence electrons. The van der Waals surface area contributed by atoms with Crippen molar-refractivity contribution in [1.29, 1.82) is 0 Å². The average Bonchev–Trinajstić information content (AvgIpc) is 3.67. The highest BCUT2D eigenvalue weighted by Gasteiger charge is 2.32. The van der Waals surface area contributed by atoms with Crippen molar-refractivity contribution < 1.29 is 29.4 Å². The fraction of sp³-hybridized carbons (Fsp3) is 0.278. The minimum Gasteiger partial charge on any atom is -0.508 e. The van der Waals surface area contributed by atoms with Gasteiger partial charge in [-0.1, -0.05) is 62.4 Å². The Labute approximate surface area is 277 Å². The summed E-state index contributed by atoms with van der Waals surface area (Å²) in [6.45, 7) is 3.45. The summed E-state index contributed by atoms with van der Waals surface area (Å²) < 4.78 is 0. The van der Waals surface area contributed by atoms with Gasteiger partial charge in [-0.3, -0.25) is 14.4 Å². The second kappa shape index (κ2) is 14.9. The molecule has 0 saturated carbocycles. The van der Waals surface area contributed by atoms with Crippen LogP contribution in [0.3, 0.4) is 0 Å². The van der Waals surface area contributed by atoms with E-state index in [1.807, 2.05) is 48.5 Å². The summed E-state index contributed by atoms with van der Waals surface area (Å²) in [6, 6.07) is 16.8. The number of carboxylic acid groups (broad SMARTS) is 1. The van der Waals surface area contributed by atoms with Gasteiger partial charge in [-0.25, -0.2) is 4.79 Å². The van der Waals surface area contributed by atoms with Gasteiger partial charge in [-0.05, 0) is 53.3 Å². The number of carbonyl (C=O) groups excluding carboxylic acids is 3. The Morgan fingerprint density at radius 3 is 1.79 bits per heavy atom. The summed E-state index contributed by atoms with van der Waals surface area (Å²) >= 11 is 0. The van der Waals surface area contributed by atoms with E-state index in [-0.39, 0.29) is 25.0 Å². The van der Waals surface area contributed by atoms with Crippen molar-refractivity contribution in [3.8, 4) is 5.75 Å². The molecule has 48 heavy (non-hydrogen) atoms. The third-order valence-electron chi connectivity index (χ3n) is 8.42. The first-order valence-corrected chi connectivity index (χ1v) is 15.8. The predicted octanol–water partition coefficient (Wildman–Crippen LogP) is 2.91. The molecule has 12 nitrogen and oxygen atoms in total. The van der Waals surface area contributed by atoms with Gasteiger partial charge in [0.2, 0.25) is 17.7 Å². The summed E-state index contributed by atoms with van der Waals surface area (Å²) in [6.07, 6.45) is 3.80. The van der Waals surface area contributed by atoms with Crippen LogP contribution in [-0.2, 0) is 38.4 Å². The zero-order valence-corrected chi connectivity index (χ0v) is 26.7. The number of hydrogen-bond donors (Lipinski definition) is 8. The minimum atomic E-state index is -1.26. The van der Waals surface area contributed by atoms with Crippen molar-refractivity contribution in [3.63, 3.8) is 0 Å². The van der Waals surface area contributed by atoms with Crippen LogP contribution in [0.5, 0.6) is 5.75 Å². The lowest BCUT2D eigenvalue weighted by Crippen LogP contribution is -2.59. The van der Waals surface area contributed by atoms with Gasteiger partial charge in [-0.15, -0.1) is 0 Å². The SMILES string of the molecule is CC(C)C(NC(=O)C(Cc1ccc(O)cc1)NC(=O)C(N)Cc1c[nH]c2ccccc12)C(=O)NC(Cc1c[nH]c2ccccc12)C(=O)O. The number of para-hydroxylation sites is 2. The summed E-state index contributed by atoms with van der Waals surface area (Å²) in [7, 11) is 0. The third kappa shape index (κ3) is 8.02. The number of aromatic amines is 2. The standard InChI is InChI=1S/C36H40N6O6/c1-20(2)32(35(46)41-31(36(47)48)17-23-19-39-29-10-6-4-8-26(23)29)42-34(45)30(15-21-11-13-24(43)14-12-21)40-33(44)27(37)16-22-18-38-28-9-5-3-7-25(22)28/h3-14,18-20,27,30-32,38-39,43H,15-17,37H2,1-2H3,(H,40,44)(H,41,46)(H,42,45)(H,47,48). The van der Waals surface area contributed by atoms with E-state index in [0.717, 1.165) is 32.9 Å². The van der Waals surface area contributed by atoms with Crippen LogP contribution < -0.4 is 21.7 Å². The van der Waals surface area contributed by atoms with Crippen molar-refractivity contribution in [2.24, 2.45) is 11.7 Å². The van der Waals surface area contributed by atoms with E-state index in [4.69, 9.17) is 5.73 Å². The van der Waals surface area contributed by atoms with Gasteiger partial charge in [0.05, 0.1) is 6.04 Å². The molecule has 0 aliphatic carbocycles. The highest BCUT2D eigenvalue weighted by atomic mass is 16.4. The van der Waals surface area contributed by atoms with Gasteiger partial charge >= 0.3 is 5.97 Å². The summed E-state index contributed by atoms with van der Waals surface area (Å²) in [5.74, 6) is -3.48. The summed E-state index contributed by atoms with van der Waals surface area (Å²) in [5.41, 5.74) is 10.3. The van der Waals surface area contributed by atoms with Crippen LogP contribution >= 0.6 is 0 Å². The molecule has 3 amide bonds. The van der Waals surface area contributed by atoms with Gasteiger partial charge in [0.25, 0.3) is 0 Å². The molecule has 3 aromatic carbocycles. The lowest BCUT2D eigenvalue weighted by atomic mass is 9.99. The Kier molecular flexibility index (Phi) is 10.4. The molecule has 2 aromatic heterocycles. The Bertz CT molecular complexity index is 1910. The summed E-state index contributed by atoms with van der Waals surface area (Å²) in [5, 5.41) is 29.6. The van der Waals surface area contributed by atoms with Crippen molar-refractivity contribution >= 4 is 45.5 Å². The zero-order chi connectivity index (χ0) is 34.4. The minimum absolute atomic E-state index is 0.0255. The quantitative estimate of drug-likeness (QED) is 0.0901. The maximum absolute atomic E-state index is 13.8. The van der Waals surface area contributed by atoms with Crippen molar-refractivity contribution in [1.82, 2.24) is 25.9 Å². The highest BCUT2D eigenvalue weighted by molar-refractivity contribution is 5.95. The lowest BCUT2D eigenvalue weighted by molar-refractivity contribution is -0.142. The second-order valence-electron chi connectivity index (χ2n) is 12.3. The molecular formula is C36H40N6O6. The van der Waals surface area contributed by atoms with Gasteiger partial charge in [0, 0.05) is 47.0 Å². The van der Waals surface area contributed by atoms with Crippen LogP contribution in [0.25, 0.3) is 21.8 Å². The van der Waals surface area contributed by atoms with Gasteiger partial charge < -0.3 is 41.9 Å². The number of benzene rings is 3. The van der Waals surface area contributed by atoms with Crippen LogP contribution in [0.1, 0.15) is 30.5 Å². The molecule has 9 N–H and O–H groups in total. The summed E-state index contributed by atoms with van der Waals surface area (Å²) in [4.78, 5) is 59.2. The van der Waals surface area contributed by atoms with Gasteiger partial charge in [0.1, 0.15) is 23.9 Å². The number of phenols is 1. The first kappa shape index (κ1) is 33.7. The van der Waals surface area contributed by atoms with E-state index in [1.165, 1.54) is 12.1 Å². The number of nitrogens with two attached hydrogens (primary N) is 1. The molecule has 0 bridgehead atoms. The zero-order valence-electron chi connectivity index (χ0n) is 26.7. The Hall–Kier alpha value is -5.62. The molecule has 0 fully saturated rings. The molecule has 0 spiro atoms. The Balaban J connectivity index is 1.30. The third-order valence-corrected chi connectivity index (χ3v) is 8.42. The largest absolute Gasteiger partial charge is 0.508 e. The van der Waals surface area contributed by atoms with E-state index in [9.17, 15) is 29.4 Å². The van der Waals surface area contributed by atoms with Crippen LogP contribution in [0, 0.1) is 5.92 Å². The van der Waals surface area contributed by atoms with Crippen molar-refractivity contribution in [2.45, 2.75) is 57.3 Å². The Morgan fingerprint density at radius 1 is 0.688 bits per heavy atom. The number of fused-ring (bicyclic) bond motifs is 2. The number of nitrogens with one attached hydrogen (secondary N) is 5. The first-order valence-electron chi connectivity index (χ1n) is 15.8. The van der Waals surface area contributed by atoms with E-state index in [2.05, 4.69) is 25.9 Å². The normalized spacial score (nSPS) is 13.9. The van der Waals surface area contributed by atoms with E-state index in [1.54, 1.807) is 38.4 Å². The lowest BCUT2D eigenvalue weighted by Gasteiger charge is -2.27. The number of rotatable bonds is 14. The molecule has 0 radical (unpaired) electrons. The fourth-order valence-electron chi connectivity index (χ4n) is 5.76. The molecule has 0 aliphatic heterocycles. The smallest absolute Gasteiger partial charge is 0.326 e. The number of H-pyrrole nitrogens is 2. The monoisotopic (exact) mass is 652 g/mol. The topological polar surface area (TPSA) is 202 Å². The predicted molar refractivity (Wildman–Crippen MR) is 182 cm³/mol. The van der Waals surface area contributed by atoms with E-state index in [0.29, 0.717) is 5.56 Å². The van der Waals surface area contributed by atoms with Crippen LogP contribution in [0.15, 0.2) is 85.2 Å². The van der Waals surface area contributed by atoms with E-state index < -0.39 is 53.8 Å². The number of hydrogen-bond acceptors (Lipinski definition) is 6. The van der Waals surface area contributed by atoms with Crippen LogP contribution in [0.2, 0.25) is 0 Å². The first-order chi connectivity index (χ1) is 23.0. The Morgan fingerprint density at radius 2 is 1.23 bits per heavy atom. The maximum Gasteiger partial charge on any atom is 0.326 e. The molecule has 0 saturated heterocycles. The highest BCUT2D eigenvalue weighted by Crippen LogP contribution is 2.21. The molecule has 0 aliphatic rings. The molecule has 4 unspecified atom stereocenters. The van der Waals surface area contributed by atoms with Crippen LogP contribution in [-0.4, -0.2) is 68.0 Å². The molecule has 4 atom stereocenters. The average molecular weight is 653 g/mol. The molecule has 12 heteroatoms. The number of carbonyl (C=O) groups is 4. The number of amides is 3. The number of aromatic hydroxyl groups is 1. The van der Waals surface area contributed by atoms with Gasteiger partial charge in [-0.2, -0.15) is 0 Å². The van der Waals surface area contributed by atoms with Crippen molar-refractivity contribution in [3.05, 3.63) is 102 Å². The number of aliphatic carboxylic acids is 1. The number of aromatic nitrogens is 2. The molecule has 5 rings (SSSR count). The van der Waals surface area contributed by atoms with Crippen LogP contribution in [0.4, 0.5) is 0 Å². The second-order valence-corrected chi connectivity index (χ2v) is 12.3. The number of carboxylic acids is 1. The molecular weight excluding hydrogens is 612 g/mol. The number of phenolic OH excluding ortho intramolecular Hbond substituents is 1. The maximum atomic E-state index is 13.8.